The number of carbonyl (C=O) groups is 1. The Morgan fingerprint density at radius 1 is 1.09 bits per heavy atom. The molecule has 0 bridgehead atoms. The Kier molecular flexibility index (Phi) is 6.76. The fraction of sp³-hybridized carbons (Fsp3) is 0.318. The van der Waals surface area contributed by atoms with E-state index < -0.39 is 27.9 Å². The maximum absolute atomic E-state index is 13.2. The lowest BCUT2D eigenvalue weighted by molar-refractivity contribution is -0.137. The minimum atomic E-state index is -4.62. The van der Waals surface area contributed by atoms with Gasteiger partial charge in [0.25, 0.3) is 0 Å². The van der Waals surface area contributed by atoms with Crippen LogP contribution in [0.3, 0.4) is 0 Å². The van der Waals surface area contributed by atoms with E-state index in [-0.39, 0.29) is 5.69 Å². The molecule has 1 amide bonds. The smallest absolute Gasteiger partial charge is 0.325 e. The van der Waals surface area contributed by atoms with Gasteiger partial charge in [0, 0.05) is 18.7 Å². The first-order valence-corrected chi connectivity index (χ1v) is 11.4. The van der Waals surface area contributed by atoms with E-state index in [0.717, 1.165) is 50.2 Å². The molecule has 0 saturated carbocycles. The average Bonchev–Trinajstić information content (AvgIpc) is 2.98. The molecule has 5 nitrogen and oxygen atoms in total. The normalized spacial score (nSPS) is 15.0. The number of nitrogens with zero attached hydrogens (tertiary/aromatic N) is 3. The molecule has 1 aromatic heterocycles. The van der Waals surface area contributed by atoms with Crippen LogP contribution in [-0.2, 0) is 23.9 Å². The van der Waals surface area contributed by atoms with E-state index in [4.69, 9.17) is 11.6 Å². The molecule has 0 radical (unpaired) electrons. The van der Waals surface area contributed by atoms with Crippen LogP contribution in [-0.4, -0.2) is 20.7 Å². The van der Waals surface area contributed by atoms with Crippen molar-refractivity contribution in [3.05, 3.63) is 70.5 Å². The first-order valence-electron chi connectivity index (χ1n) is 10.1. The molecule has 3 aromatic rings. The van der Waals surface area contributed by atoms with Crippen molar-refractivity contribution in [2.45, 2.75) is 48.8 Å². The summed E-state index contributed by atoms with van der Waals surface area (Å²) in [5.41, 5.74) is -0.261. The van der Waals surface area contributed by atoms with Gasteiger partial charge in [0.15, 0.2) is 5.16 Å². The van der Waals surface area contributed by atoms with E-state index in [2.05, 4.69) is 15.5 Å². The molecule has 168 valence electrons. The highest BCUT2D eigenvalue weighted by molar-refractivity contribution is 8.00. The molecule has 0 aliphatic carbocycles. The number of nitrogens with one attached hydrogen (secondary N) is 1. The molecule has 0 saturated heterocycles. The number of aryl methyl sites for hydroxylation is 1. The van der Waals surface area contributed by atoms with E-state index in [1.165, 1.54) is 17.8 Å². The van der Waals surface area contributed by atoms with E-state index in [9.17, 15) is 18.0 Å². The lowest BCUT2D eigenvalue weighted by Gasteiger charge is -2.18. The van der Waals surface area contributed by atoms with Crippen molar-refractivity contribution >= 4 is 35.0 Å². The van der Waals surface area contributed by atoms with Crippen LogP contribution >= 0.6 is 23.4 Å². The van der Waals surface area contributed by atoms with E-state index in [1.54, 1.807) is 12.1 Å². The van der Waals surface area contributed by atoms with Crippen molar-refractivity contribution in [3.63, 3.8) is 0 Å². The largest absolute Gasteiger partial charge is 0.417 e. The Balaban J connectivity index is 1.62. The van der Waals surface area contributed by atoms with Crippen LogP contribution < -0.4 is 5.32 Å². The van der Waals surface area contributed by atoms with Crippen molar-refractivity contribution in [2.24, 2.45) is 0 Å². The number of rotatable bonds is 5. The van der Waals surface area contributed by atoms with Gasteiger partial charge >= 0.3 is 6.18 Å². The van der Waals surface area contributed by atoms with Gasteiger partial charge in [0.05, 0.1) is 10.6 Å². The predicted octanol–water partition coefficient (Wildman–Crippen LogP) is 6.15. The van der Waals surface area contributed by atoms with Crippen molar-refractivity contribution in [2.75, 3.05) is 5.32 Å². The van der Waals surface area contributed by atoms with E-state index in [0.29, 0.717) is 10.7 Å². The van der Waals surface area contributed by atoms with Crippen LogP contribution in [0.4, 0.5) is 18.9 Å². The fourth-order valence-electron chi connectivity index (χ4n) is 3.58. The monoisotopic (exact) mass is 480 g/mol. The number of thioether (sulfide) groups is 1. The number of benzene rings is 2. The first kappa shape index (κ1) is 22.7. The van der Waals surface area contributed by atoms with Gasteiger partial charge < -0.3 is 9.88 Å². The highest BCUT2D eigenvalue weighted by Gasteiger charge is 2.34. The second-order valence-corrected chi connectivity index (χ2v) is 8.93. The van der Waals surface area contributed by atoms with Crippen molar-refractivity contribution in [3.8, 4) is 0 Å². The Bertz CT molecular complexity index is 1100. The summed E-state index contributed by atoms with van der Waals surface area (Å²) < 4.78 is 41.7. The van der Waals surface area contributed by atoms with Crippen LogP contribution in [0, 0.1) is 0 Å². The minimum absolute atomic E-state index is 0.0216. The maximum atomic E-state index is 13.2. The molecule has 1 N–H and O–H groups in total. The number of amides is 1. The SMILES string of the molecule is O=C(Nc1ccc(Cl)c(C(F)(F)F)c1)[C@H](Sc1nnc2n1CCCCC2)c1ccccc1. The summed E-state index contributed by atoms with van der Waals surface area (Å²) in [4.78, 5) is 13.2. The molecule has 0 unspecified atom stereocenters. The second-order valence-electron chi connectivity index (χ2n) is 7.45. The van der Waals surface area contributed by atoms with Gasteiger partial charge in [-0.2, -0.15) is 13.2 Å². The molecule has 1 atom stereocenters. The number of hydrogen-bond donors (Lipinski definition) is 1. The quantitative estimate of drug-likeness (QED) is 0.445. The number of carbonyl (C=O) groups excluding carboxylic acids is 1. The summed E-state index contributed by atoms with van der Waals surface area (Å²) in [7, 11) is 0. The topological polar surface area (TPSA) is 59.8 Å². The minimum Gasteiger partial charge on any atom is -0.325 e. The Hall–Kier alpha value is -2.52. The molecular formula is C22H20ClF3N4OS. The Morgan fingerprint density at radius 3 is 2.62 bits per heavy atom. The molecule has 2 aromatic carbocycles. The van der Waals surface area contributed by atoms with Crippen LogP contribution in [0.5, 0.6) is 0 Å². The van der Waals surface area contributed by atoms with E-state index in [1.807, 2.05) is 22.8 Å². The number of aromatic nitrogens is 3. The fourth-order valence-corrected chi connectivity index (χ4v) is 4.89. The van der Waals surface area contributed by atoms with Gasteiger partial charge in [-0.3, -0.25) is 4.79 Å². The van der Waals surface area contributed by atoms with Gasteiger partial charge in [-0.05, 0) is 36.6 Å². The van der Waals surface area contributed by atoms with Crippen molar-refractivity contribution in [1.29, 1.82) is 0 Å². The number of fused-ring (bicyclic) bond motifs is 1. The molecule has 0 spiro atoms. The zero-order chi connectivity index (χ0) is 22.7. The number of alkyl halides is 3. The predicted molar refractivity (Wildman–Crippen MR) is 118 cm³/mol. The molecule has 1 aliphatic rings. The Labute approximate surface area is 192 Å². The van der Waals surface area contributed by atoms with Crippen LogP contribution in [0.2, 0.25) is 5.02 Å². The zero-order valence-corrected chi connectivity index (χ0v) is 18.5. The molecule has 2 heterocycles. The summed E-state index contributed by atoms with van der Waals surface area (Å²) in [6.07, 6.45) is -0.630. The zero-order valence-electron chi connectivity index (χ0n) is 16.9. The lowest BCUT2D eigenvalue weighted by atomic mass is 10.1. The first-order chi connectivity index (χ1) is 15.3. The van der Waals surface area contributed by atoms with Crippen molar-refractivity contribution < 1.29 is 18.0 Å². The van der Waals surface area contributed by atoms with Gasteiger partial charge in [-0.1, -0.05) is 60.1 Å². The van der Waals surface area contributed by atoms with Crippen molar-refractivity contribution in [1.82, 2.24) is 14.8 Å². The van der Waals surface area contributed by atoms with Gasteiger partial charge in [-0.25, -0.2) is 0 Å². The van der Waals surface area contributed by atoms with Gasteiger partial charge in [0.1, 0.15) is 11.1 Å². The van der Waals surface area contributed by atoms with Crippen LogP contribution in [0.1, 0.15) is 41.5 Å². The number of halogens is 4. The summed E-state index contributed by atoms with van der Waals surface area (Å²) in [5.74, 6) is 0.437. The van der Waals surface area contributed by atoms with Gasteiger partial charge in [0.2, 0.25) is 5.91 Å². The summed E-state index contributed by atoms with van der Waals surface area (Å²) in [6, 6.07) is 12.4. The molecule has 0 fully saturated rings. The molecule has 32 heavy (non-hydrogen) atoms. The summed E-state index contributed by atoms with van der Waals surface area (Å²) in [5, 5.41) is 10.6. The maximum Gasteiger partial charge on any atom is 0.417 e. The third-order valence-electron chi connectivity index (χ3n) is 5.18. The third kappa shape index (κ3) is 5.10. The van der Waals surface area contributed by atoms with Crippen LogP contribution in [0.15, 0.2) is 53.7 Å². The molecular weight excluding hydrogens is 461 g/mol. The molecule has 4 rings (SSSR count). The average molecular weight is 481 g/mol. The van der Waals surface area contributed by atoms with Crippen LogP contribution in [0.25, 0.3) is 0 Å². The standard InChI is InChI=1S/C22H20ClF3N4OS/c23-17-11-10-15(13-16(17)22(24,25)26)27-20(31)19(14-7-3-1-4-8-14)32-21-29-28-18-9-5-2-6-12-30(18)21/h1,3-4,7-8,10-11,13,19H,2,5-6,9,12H2,(H,27,31)/t19-/m1/s1. The highest BCUT2D eigenvalue weighted by atomic mass is 35.5. The second kappa shape index (κ2) is 9.54. The summed E-state index contributed by atoms with van der Waals surface area (Å²) in [6.45, 7) is 0.778. The summed E-state index contributed by atoms with van der Waals surface area (Å²) >= 11 is 6.94. The highest BCUT2D eigenvalue weighted by Crippen LogP contribution is 2.38. The molecule has 10 heteroatoms. The third-order valence-corrected chi connectivity index (χ3v) is 6.74. The lowest BCUT2D eigenvalue weighted by Crippen LogP contribution is -2.20. The number of hydrogen-bond acceptors (Lipinski definition) is 4. The number of anilines is 1. The van der Waals surface area contributed by atoms with Gasteiger partial charge in [-0.15, -0.1) is 10.2 Å². The molecule has 1 aliphatic heterocycles. The Morgan fingerprint density at radius 2 is 1.88 bits per heavy atom. The van der Waals surface area contributed by atoms with E-state index >= 15 is 0 Å².